The van der Waals surface area contributed by atoms with Crippen molar-refractivity contribution < 1.29 is 23.8 Å². The van der Waals surface area contributed by atoms with Crippen LogP contribution in [0.3, 0.4) is 0 Å². The lowest BCUT2D eigenvalue weighted by Gasteiger charge is -2.44. The van der Waals surface area contributed by atoms with Crippen LogP contribution in [-0.2, 0) is 9.47 Å². The van der Waals surface area contributed by atoms with E-state index in [1.807, 2.05) is 0 Å². The largest absolute Gasteiger partial charge is 0.494 e. The molecule has 73 heavy (non-hydrogen) atoms. The lowest BCUT2D eigenvalue weighted by molar-refractivity contribution is 0.0620. The van der Waals surface area contributed by atoms with Crippen molar-refractivity contribution in [3.63, 3.8) is 0 Å². The van der Waals surface area contributed by atoms with E-state index < -0.39 is 36.8 Å². The number of carbonyl (C=O) groups excluding carboxylic acids is 2. The van der Waals surface area contributed by atoms with Gasteiger partial charge in [-0.3, -0.25) is 10.6 Å². The zero-order chi connectivity index (χ0) is 51.6. The van der Waals surface area contributed by atoms with Crippen molar-refractivity contribution in [3.05, 3.63) is 231 Å². The molecule has 0 aliphatic rings. The summed E-state index contributed by atoms with van der Waals surface area (Å²) in [4.78, 5) is 25.1. The molecule has 9 heteroatoms. The second kappa shape index (κ2) is 25.3. The predicted octanol–water partition coefficient (Wildman–Crippen LogP) is 12.4. The quantitative estimate of drug-likeness (QED) is 0.0539. The topological polar surface area (TPSA) is 85.9 Å². The van der Waals surface area contributed by atoms with E-state index in [2.05, 4.69) is 223 Å². The number of rotatable bonds is 17. The van der Waals surface area contributed by atoms with Crippen LogP contribution in [0.15, 0.2) is 231 Å². The van der Waals surface area contributed by atoms with Gasteiger partial charge in [-0.25, -0.2) is 9.59 Å². The highest BCUT2D eigenvalue weighted by molar-refractivity contribution is 7.95. The first-order valence-corrected chi connectivity index (χ1v) is 27.4. The van der Waals surface area contributed by atoms with Crippen molar-refractivity contribution in [2.45, 2.75) is 78.4 Å². The van der Waals surface area contributed by atoms with Crippen LogP contribution >= 0.6 is 7.26 Å². The second-order valence-electron chi connectivity index (χ2n) is 20.3. The molecule has 0 aliphatic carbocycles. The molecule has 0 saturated heterocycles. The molecule has 0 fully saturated rings. The zero-order valence-electron chi connectivity index (χ0n) is 43.2. The van der Waals surface area contributed by atoms with Gasteiger partial charge in [-0.15, -0.1) is 0 Å². The van der Waals surface area contributed by atoms with E-state index in [-0.39, 0.29) is 0 Å². The van der Waals surface area contributed by atoms with Gasteiger partial charge in [0.15, 0.2) is 0 Å². The van der Waals surface area contributed by atoms with E-state index in [1.165, 1.54) is 37.8 Å². The number of unbranched alkanes of at least 4 members (excludes halogenated alkanes) is 3. The summed E-state index contributed by atoms with van der Waals surface area (Å²) in [5.41, 5.74) is 4.75. The van der Waals surface area contributed by atoms with Gasteiger partial charge in [0.05, 0.1) is 24.1 Å². The lowest BCUT2D eigenvalue weighted by Crippen LogP contribution is -2.74. The van der Waals surface area contributed by atoms with E-state index >= 15 is 0 Å². The summed E-state index contributed by atoms with van der Waals surface area (Å²) in [6, 6.07) is 81.6. The molecule has 0 atom stereocenters. The third-order valence-corrected chi connectivity index (χ3v) is 17.2. The first-order chi connectivity index (χ1) is 35.3. The third kappa shape index (κ3) is 14.4. The minimum Gasteiger partial charge on any atom is -0.494 e. The van der Waals surface area contributed by atoms with E-state index in [0.717, 1.165) is 31.8 Å². The van der Waals surface area contributed by atoms with Crippen molar-refractivity contribution in [2.75, 3.05) is 23.4 Å². The molecular weight excluding hydrogens is 918 g/mol. The summed E-state index contributed by atoms with van der Waals surface area (Å²) in [5, 5.41) is 9.68. The lowest BCUT2D eigenvalue weighted by atomic mass is 9.13. The average Bonchev–Trinajstić information content (AvgIpc) is 3.39. The summed E-state index contributed by atoms with van der Waals surface area (Å²) in [5.74, 6) is 0.581. The molecule has 0 unspecified atom stereocenters. The fourth-order valence-electron chi connectivity index (χ4n) is 9.65. The Labute approximate surface area is 434 Å². The van der Waals surface area contributed by atoms with E-state index in [1.54, 1.807) is 59.7 Å². The van der Waals surface area contributed by atoms with Gasteiger partial charge in [0.25, 0.3) is 0 Å². The maximum atomic E-state index is 12.6. The van der Waals surface area contributed by atoms with Crippen molar-refractivity contribution in [1.29, 1.82) is 0 Å². The van der Waals surface area contributed by atoms with Crippen LogP contribution in [0.25, 0.3) is 0 Å². The molecule has 0 spiro atoms. The molecule has 7 nitrogen and oxygen atoms in total. The Hall–Kier alpha value is -7.41. The number of amides is 2. The standard InChI is InChI=1S/C40H49N2O5P.C24H20B/c1-39(2,3)46-37(43)41-35-27-26-31(30-36(35)42-38(44)47-40(4,5)6)45-28-18-7-8-19-29-48(32-20-12-9-13-21-32,33-22-14-10-15-23-33)34-24-16-11-17-25-34;1-5-13-21(14-6-1)25(22-15-7-2-8-16-22,23-17-9-3-10-18-23)24-19-11-4-12-20-24/h9-17,20-27,30H,7-8,18-19,28-29H2,1-6H3,(H-,41,42,43,44);1-20H/q;-1/p+1. The number of nitrogens with one attached hydrogen (secondary N) is 2. The van der Waals surface area contributed by atoms with Gasteiger partial charge in [-0.2, -0.15) is 21.9 Å². The number of benzene rings is 8. The molecule has 2 amide bonds. The number of anilines is 2. The van der Waals surface area contributed by atoms with Crippen molar-refractivity contribution in [3.8, 4) is 5.75 Å². The molecule has 8 rings (SSSR count). The maximum absolute atomic E-state index is 12.6. The average molecular weight is 989 g/mol. The fraction of sp³-hybridized carbons (Fsp3) is 0.219. The Bertz CT molecular complexity index is 2660. The van der Waals surface area contributed by atoms with Crippen LogP contribution in [0.1, 0.15) is 67.2 Å². The van der Waals surface area contributed by atoms with Crippen LogP contribution in [-0.4, -0.2) is 42.3 Å². The maximum Gasteiger partial charge on any atom is 0.412 e. The summed E-state index contributed by atoms with van der Waals surface area (Å²) >= 11 is 0. The Morgan fingerprint density at radius 1 is 0.411 bits per heavy atom. The van der Waals surface area contributed by atoms with Gasteiger partial charge in [-0.1, -0.05) is 176 Å². The van der Waals surface area contributed by atoms with Crippen LogP contribution in [0.5, 0.6) is 5.75 Å². The highest BCUT2D eigenvalue weighted by Gasteiger charge is 2.44. The Kier molecular flexibility index (Phi) is 18.5. The molecule has 2 N–H and O–H groups in total. The number of ether oxygens (including phenoxy) is 3. The van der Waals surface area contributed by atoms with Crippen LogP contribution in [0, 0.1) is 0 Å². The van der Waals surface area contributed by atoms with Gasteiger partial charge in [0.1, 0.15) is 46.3 Å². The SMILES string of the molecule is CC(C)(C)OC(=O)Nc1ccc(OCCCCCC[P+](c2ccccc2)(c2ccccc2)c2ccccc2)cc1NC(=O)OC(C)(C)C.c1ccc([B-](c2ccccc2)(c2ccccc2)c2ccccc2)cc1. The molecule has 0 heterocycles. The minimum absolute atomic E-state index is 0.357. The van der Waals surface area contributed by atoms with E-state index in [4.69, 9.17) is 14.2 Å². The van der Waals surface area contributed by atoms with Crippen molar-refractivity contribution in [2.24, 2.45) is 0 Å². The summed E-state index contributed by atoms with van der Waals surface area (Å²) in [6.45, 7) is 11.3. The van der Waals surface area contributed by atoms with Crippen molar-refractivity contribution in [1.82, 2.24) is 0 Å². The first kappa shape index (κ1) is 53.4. The molecule has 0 radical (unpaired) electrons. The molecule has 0 bridgehead atoms. The Morgan fingerprint density at radius 2 is 0.740 bits per heavy atom. The van der Waals surface area contributed by atoms with Crippen LogP contribution < -0.4 is 53.1 Å². The molecular formula is C64H70BN2O5P. The number of carbonyl (C=O) groups is 2. The first-order valence-electron chi connectivity index (χ1n) is 25.5. The Morgan fingerprint density at radius 3 is 1.10 bits per heavy atom. The number of hydrogen-bond acceptors (Lipinski definition) is 5. The Balaban J connectivity index is 0.000000259. The van der Waals surface area contributed by atoms with Gasteiger partial charge in [-0.05, 0) is 116 Å². The molecule has 0 saturated carbocycles. The van der Waals surface area contributed by atoms with Gasteiger partial charge in [0, 0.05) is 6.07 Å². The normalized spacial score (nSPS) is 11.6. The van der Waals surface area contributed by atoms with Gasteiger partial charge >= 0.3 is 12.2 Å². The minimum atomic E-state index is -1.83. The van der Waals surface area contributed by atoms with E-state index in [9.17, 15) is 9.59 Å². The highest BCUT2D eigenvalue weighted by atomic mass is 31.2. The fourth-order valence-corrected chi connectivity index (χ4v) is 14.1. The van der Waals surface area contributed by atoms with Crippen LogP contribution in [0.4, 0.5) is 21.0 Å². The molecule has 374 valence electrons. The summed E-state index contributed by atoms with van der Waals surface area (Å²) in [7, 11) is -1.83. The highest BCUT2D eigenvalue weighted by Crippen LogP contribution is 2.56. The molecule has 0 aromatic heterocycles. The molecule has 8 aromatic rings. The smallest absolute Gasteiger partial charge is 0.412 e. The van der Waals surface area contributed by atoms with E-state index in [0.29, 0.717) is 23.7 Å². The predicted molar refractivity (Wildman–Crippen MR) is 310 cm³/mol. The van der Waals surface area contributed by atoms with Crippen LogP contribution in [0.2, 0.25) is 0 Å². The van der Waals surface area contributed by atoms with Gasteiger partial charge < -0.3 is 14.2 Å². The van der Waals surface area contributed by atoms with Gasteiger partial charge in [0.2, 0.25) is 0 Å². The molecule has 8 aromatic carbocycles. The summed E-state index contributed by atoms with van der Waals surface area (Å²) in [6.07, 6.45) is 2.72. The zero-order valence-corrected chi connectivity index (χ0v) is 44.1. The van der Waals surface area contributed by atoms with Crippen molar-refractivity contribution >= 4 is 74.7 Å². The monoisotopic (exact) mass is 989 g/mol. The molecule has 0 aliphatic heterocycles. The third-order valence-electron chi connectivity index (χ3n) is 12.7. The number of hydrogen-bond donors (Lipinski definition) is 2. The summed E-state index contributed by atoms with van der Waals surface area (Å²) < 4.78 is 16.9. The second-order valence-corrected chi connectivity index (χ2v) is 23.9.